The first-order chi connectivity index (χ1) is 17.7. The molecule has 0 aromatic rings. The minimum absolute atomic E-state index is 0.0594. The molecule has 5 fully saturated rings. The van der Waals surface area contributed by atoms with Crippen molar-refractivity contribution in [2.24, 2.45) is 62.6 Å². The van der Waals surface area contributed by atoms with Crippen LogP contribution in [0, 0.1) is 62.6 Å². The molecule has 5 rings (SSSR count). The Morgan fingerprint density at radius 2 is 1.50 bits per heavy atom. The van der Waals surface area contributed by atoms with Gasteiger partial charge >= 0.3 is 5.97 Å². The minimum atomic E-state index is -0.101. The average molecular weight is 525 g/mol. The fraction of sp³-hybridized carbons (Fsp3) is 0.917. The van der Waals surface area contributed by atoms with Gasteiger partial charge < -0.3 is 4.74 Å². The van der Waals surface area contributed by atoms with Gasteiger partial charge in [-0.3, -0.25) is 0 Å². The van der Waals surface area contributed by atoms with Crippen LogP contribution in [0.15, 0.2) is 11.6 Å². The van der Waals surface area contributed by atoms with Crippen LogP contribution in [0.1, 0.15) is 140 Å². The molecule has 10 atom stereocenters. The van der Waals surface area contributed by atoms with E-state index in [2.05, 4.69) is 55.4 Å². The second-order valence-electron chi connectivity index (χ2n) is 16.7. The number of esters is 1. The van der Waals surface area contributed by atoms with E-state index >= 15 is 0 Å². The molecule has 216 valence electrons. The van der Waals surface area contributed by atoms with Gasteiger partial charge in [0.25, 0.3) is 0 Å². The molecule has 0 N–H and O–H groups in total. The van der Waals surface area contributed by atoms with E-state index in [-0.39, 0.29) is 17.5 Å². The summed E-state index contributed by atoms with van der Waals surface area (Å²) in [5.74, 6) is 4.90. The Kier molecular flexibility index (Phi) is 7.09. The van der Waals surface area contributed by atoms with E-state index in [0.29, 0.717) is 27.6 Å². The minimum Gasteiger partial charge on any atom is -0.458 e. The second kappa shape index (κ2) is 9.37. The van der Waals surface area contributed by atoms with Crippen molar-refractivity contribution >= 4 is 5.97 Å². The molecule has 5 aliphatic rings. The summed E-state index contributed by atoms with van der Waals surface area (Å²) in [5, 5.41) is 0. The van der Waals surface area contributed by atoms with Crippen molar-refractivity contribution in [3.05, 3.63) is 11.6 Å². The van der Waals surface area contributed by atoms with Crippen LogP contribution in [0.3, 0.4) is 0 Å². The van der Waals surface area contributed by atoms with Gasteiger partial charge in [0.05, 0.1) is 0 Å². The SMILES string of the molecule is C/C=C(\C)C(=O)O[C@H]1CC[C@]23C[C@]24CC[C@]2(C)C(C(C)CCC(C)C(C)C)CC[C@@]2(C)C4CCC3C1(C)C. The van der Waals surface area contributed by atoms with Crippen molar-refractivity contribution in [2.45, 2.75) is 146 Å². The van der Waals surface area contributed by atoms with Crippen LogP contribution in [0.4, 0.5) is 0 Å². The molecule has 5 unspecified atom stereocenters. The van der Waals surface area contributed by atoms with E-state index in [1.165, 1.54) is 64.2 Å². The van der Waals surface area contributed by atoms with Crippen LogP contribution < -0.4 is 0 Å². The molecular weight excluding hydrogens is 464 g/mol. The summed E-state index contributed by atoms with van der Waals surface area (Å²) >= 11 is 0. The first kappa shape index (κ1) is 28.7. The highest BCUT2D eigenvalue weighted by Gasteiger charge is 2.82. The Hall–Kier alpha value is -0.790. The summed E-state index contributed by atoms with van der Waals surface area (Å²) < 4.78 is 6.20. The summed E-state index contributed by atoms with van der Waals surface area (Å²) in [4.78, 5) is 12.7. The van der Waals surface area contributed by atoms with Gasteiger partial charge in [-0.2, -0.15) is 0 Å². The van der Waals surface area contributed by atoms with E-state index in [1.54, 1.807) is 0 Å². The lowest BCUT2D eigenvalue weighted by molar-refractivity contribution is -0.180. The standard InChI is InChI=1S/C36H60O2/c1-11-24(4)31(37)38-30-17-19-35-22-36(35)21-20-33(9)27(26(6)13-12-25(5)23(2)3)16-18-34(33,10)29(36)15-14-28(35)32(30,7)8/h11,23,25-30H,12-22H2,1-10H3/b24-11+/t25?,26?,27?,28?,29?,30-,33+,34-,35+,36-/m0/s1. The van der Waals surface area contributed by atoms with Crippen molar-refractivity contribution in [1.29, 1.82) is 0 Å². The Bertz CT molecular complexity index is 960. The molecule has 0 bridgehead atoms. The smallest absolute Gasteiger partial charge is 0.333 e. The molecule has 5 saturated carbocycles. The summed E-state index contributed by atoms with van der Waals surface area (Å²) in [6.07, 6.45) is 17.1. The zero-order valence-electron chi connectivity index (χ0n) is 26.7. The Labute approximate surface area is 235 Å². The summed E-state index contributed by atoms with van der Waals surface area (Å²) in [7, 11) is 0. The summed E-state index contributed by atoms with van der Waals surface area (Å²) in [5.41, 5.74) is 2.90. The molecule has 2 heteroatoms. The predicted molar refractivity (Wildman–Crippen MR) is 159 cm³/mol. The van der Waals surface area contributed by atoms with Gasteiger partial charge in [-0.1, -0.05) is 74.3 Å². The van der Waals surface area contributed by atoms with Gasteiger partial charge in [0, 0.05) is 11.0 Å². The van der Waals surface area contributed by atoms with Crippen molar-refractivity contribution < 1.29 is 9.53 Å². The van der Waals surface area contributed by atoms with Crippen LogP contribution in [-0.4, -0.2) is 12.1 Å². The van der Waals surface area contributed by atoms with E-state index in [1.807, 2.05) is 19.9 Å². The quantitative estimate of drug-likeness (QED) is 0.245. The molecule has 0 heterocycles. The first-order valence-electron chi connectivity index (χ1n) is 16.5. The van der Waals surface area contributed by atoms with E-state index in [4.69, 9.17) is 4.74 Å². The summed E-state index contributed by atoms with van der Waals surface area (Å²) in [6.45, 7) is 24.1. The maximum Gasteiger partial charge on any atom is 0.333 e. The van der Waals surface area contributed by atoms with E-state index in [0.717, 1.165) is 41.6 Å². The van der Waals surface area contributed by atoms with Crippen molar-refractivity contribution in [2.75, 3.05) is 0 Å². The molecular formula is C36H60O2. The van der Waals surface area contributed by atoms with Gasteiger partial charge in [-0.15, -0.1) is 0 Å². The molecule has 2 spiro atoms. The van der Waals surface area contributed by atoms with E-state index < -0.39 is 0 Å². The van der Waals surface area contributed by atoms with Crippen LogP contribution in [0.2, 0.25) is 0 Å². The van der Waals surface area contributed by atoms with Crippen LogP contribution in [0.25, 0.3) is 0 Å². The Morgan fingerprint density at radius 1 is 0.842 bits per heavy atom. The summed E-state index contributed by atoms with van der Waals surface area (Å²) in [6, 6.07) is 0. The van der Waals surface area contributed by atoms with Crippen LogP contribution in [-0.2, 0) is 9.53 Å². The topological polar surface area (TPSA) is 26.3 Å². The fourth-order valence-electron chi connectivity index (χ4n) is 11.9. The largest absolute Gasteiger partial charge is 0.458 e. The number of fused-ring (bicyclic) bond motifs is 2. The zero-order valence-corrected chi connectivity index (χ0v) is 26.7. The molecule has 0 saturated heterocycles. The molecule has 0 aromatic carbocycles. The van der Waals surface area contributed by atoms with Crippen LogP contribution in [0.5, 0.6) is 0 Å². The molecule has 0 aliphatic heterocycles. The third-order valence-corrected chi connectivity index (χ3v) is 15.0. The van der Waals surface area contributed by atoms with Crippen molar-refractivity contribution in [1.82, 2.24) is 0 Å². The van der Waals surface area contributed by atoms with Crippen molar-refractivity contribution in [3.8, 4) is 0 Å². The van der Waals surface area contributed by atoms with Gasteiger partial charge in [0.1, 0.15) is 6.10 Å². The predicted octanol–water partition coefficient (Wildman–Crippen LogP) is 10.0. The Balaban J connectivity index is 1.34. The number of carbonyl (C=O) groups is 1. The number of carbonyl (C=O) groups excluding carboxylic acids is 1. The normalized spacial score (nSPS) is 46.9. The third-order valence-electron chi connectivity index (χ3n) is 15.0. The zero-order chi connectivity index (χ0) is 27.9. The van der Waals surface area contributed by atoms with Crippen LogP contribution >= 0.6 is 0 Å². The molecule has 0 aromatic heterocycles. The second-order valence-corrected chi connectivity index (χ2v) is 16.7. The lowest BCUT2D eigenvalue weighted by Gasteiger charge is -2.63. The molecule has 38 heavy (non-hydrogen) atoms. The number of hydrogen-bond acceptors (Lipinski definition) is 2. The number of rotatable bonds is 7. The Morgan fingerprint density at radius 3 is 2.16 bits per heavy atom. The number of ether oxygens (including phenoxy) is 1. The maximum absolute atomic E-state index is 12.7. The lowest BCUT2D eigenvalue weighted by Crippen LogP contribution is -2.58. The lowest BCUT2D eigenvalue weighted by atomic mass is 9.41. The van der Waals surface area contributed by atoms with Gasteiger partial charge in [0.15, 0.2) is 0 Å². The highest BCUT2D eigenvalue weighted by Crippen LogP contribution is 2.89. The fourth-order valence-corrected chi connectivity index (χ4v) is 11.9. The monoisotopic (exact) mass is 524 g/mol. The van der Waals surface area contributed by atoms with Gasteiger partial charge in [-0.25, -0.2) is 4.79 Å². The molecule has 0 radical (unpaired) electrons. The average Bonchev–Trinajstić information content (AvgIpc) is 3.45. The number of allylic oxidation sites excluding steroid dienone is 1. The van der Waals surface area contributed by atoms with E-state index in [9.17, 15) is 4.79 Å². The van der Waals surface area contributed by atoms with Gasteiger partial charge in [0.2, 0.25) is 0 Å². The van der Waals surface area contributed by atoms with Crippen molar-refractivity contribution in [3.63, 3.8) is 0 Å². The molecule has 5 aliphatic carbocycles. The van der Waals surface area contributed by atoms with Gasteiger partial charge in [-0.05, 0) is 129 Å². The molecule has 0 amide bonds. The third kappa shape index (κ3) is 3.79. The maximum atomic E-state index is 12.7. The number of hydrogen-bond donors (Lipinski definition) is 0. The highest BCUT2D eigenvalue weighted by atomic mass is 16.5. The first-order valence-corrected chi connectivity index (χ1v) is 16.5. The molecule has 2 nitrogen and oxygen atoms in total. The highest BCUT2D eigenvalue weighted by molar-refractivity contribution is 5.87.